The number of nitrogens with zero attached hydrogens (tertiary/aromatic N) is 2. The van der Waals surface area contributed by atoms with Gasteiger partial charge in [-0.2, -0.15) is 0 Å². The lowest BCUT2D eigenvalue weighted by Gasteiger charge is -2.40. The van der Waals surface area contributed by atoms with E-state index in [1.807, 2.05) is 11.8 Å². The van der Waals surface area contributed by atoms with Gasteiger partial charge in [-0.15, -0.1) is 0 Å². The SMILES string of the molecule is CCN(CC1CCC1)C(=O)N1CCC(C)CC1C(=O)O. The van der Waals surface area contributed by atoms with Gasteiger partial charge in [-0.3, -0.25) is 0 Å². The van der Waals surface area contributed by atoms with Crippen molar-refractivity contribution in [3.8, 4) is 0 Å². The highest BCUT2D eigenvalue weighted by atomic mass is 16.4. The van der Waals surface area contributed by atoms with Crippen LogP contribution in [-0.4, -0.2) is 52.6 Å². The van der Waals surface area contributed by atoms with Crippen molar-refractivity contribution in [2.45, 2.75) is 52.0 Å². The summed E-state index contributed by atoms with van der Waals surface area (Å²) in [5.41, 5.74) is 0. The van der Waals surface area contributed by atoms with E-state index in [9.17, 15) is 14.7 Å². The monoisotopic (exact) mass is 282 g/mol. The van der Waals surface area contributed by atoms with Crippen LogP contribution < -0.4 is 0 Å². The Hall–Kier alpha value is -1.26. The summed E-state index contributed by atoms with van der Waals surface area (Å²) >= 11 is 0. The van der Waals surface area contributed by atoms with Crippen LogP contribution in [0.15, 0.2) is 0 Å². The first kappa shape index (κ1) is 15.1. The fraction of sp³-hybridized carbons (Fsp3) is 0.867. The summed E-state index contributed by atoms with van der Waals surface area (Å²) in [7, 11) is 0. The highest BCUT2D eigenvalue weighted by molar-refractivity contribution is 5.83. The summed E-state index contributed by atoms with van der Waals surface area (Å²) in [4.78, 5) is 27.4. The number of amides is 2. The van der Waals surface area contributed by atoms with Crippen molar-refractivity contribution in [1.29, 1.82) is 0 Å². The molecule has 1 aliphatic carbocycles. The summed E-state index contributed by atoms with van der Waals surface area (Å²) in [6.07, 6.45) is 5.13. The average Bonchev–Trinajstić information content (AvgIpc) is 2.37. The second kappa shape index (κ2) is 6.46. The molecule has 0 bridgehead atoms. The van der Waals surface area contributed by atoms with E-state index in [-0.39, 0.29) is 6.03 Å². The molecule has 1 aliphatic heterocycles. The number of carboxylic acid groups (broad SMARTS) is 1. The van der Waals surface area contributed by atoms with Gasteiger partial charge in [-0.1, -0.05) is 13.3 Å². The van der Waals surface area contributed by atoms with Crippen LogP contribution in [-0.2, 0) is 4.79 Å². The fourth-order valence-electron chi connectivity index (χ4n) is 3.12. The number of likely N-dealkylation sites (tertiary alicyclic amines) is 1. The molecule has 2 rings (SSSR count). The van der Waals surface area contributed by atoms with Gasteiger partial charge in [0.1, 0.15) is 6.04 Å². The van der Waals surface area contributed by atoms with Crippen molar-refractivity contribution < 1.29 is 14.7 Å². The first-order chi connectivity index (χ1) is 9.52. The smallest absolute Gasteiger partial charge is 0.326 e. The molecule has 20 heavy (non-hydrogen) atoms. The summed E-state index contributed by atoms with van der Waals surface area (Å²) in [5, 5.41) is 9.36. The molecule has 5 heteroatoms. The molecule has 1 saturated heterocycles. The maximum atomic E-state index is 12.6. The van der Waals surface area contributed by atoms with Crippen LogP contribution in [0.4, 0.5) is 4.79 Å². The van der Waals surface area contributed by atoms with Crippen molar-refractivity contribution in [3.05, 3.63) is 0 Å². The van der Waals surface area contributed by atoms with E-state index in [0.29, 0.717) is 31.3 Å². The van der Waals surface area contributed by atoms with E-state index in [0.717, 1.165) is 13.0 Å². The summed E-state index contributed by atoms with van der Waals surface area (Å²) < 4.78 is 0. The van der Waals surface area contributed by atoms with E-state index in [4.69, 9.17) is 0 Å². The van der Waals surface area contributed by atoms with Crippen molar-refractivity contribution in [1.82, 2.24) is 9.80 Å². The molecule has 2 atom stereocenters. The minimum absolute atomic E-state index is 0.0845. The van der Waals surface area contributed by atoms with E-state index in [2.05, 4.69) is 6.92 Å². The van der Waals surface area contributed by atoms with Crippen LogP contribution in [0.2, 0.25) is 0 Å². The second-order valence-corrected chi connectivity index (χ2v) is 6.30. The zero-order valence-corrected chi connectivity index (χ0v) is 12.5. The van der Waals surface area contributed by atoms with Crippen molar-refractivity contribution in [3.63, 3.8) is 0 Å². The largest absolute Gasteiger partial charge is 0.480 e. The molecule has 1 heterocycles. The standard InChI is InChI=1S/C15H26N2O3/c1-3-16(10-12-5-4-6-12)15(20)17-8-7-11(2)9-13(17)14(18)19/h11-13H,3-10H2,1-2H3,(H,18,19). The highest BCUT2D eigenvalue weighted by Gasteiger charge is 2.37. The second-order valence-electron chi connectivity index (χ2n) is 6.30. The van der Waals surface area contributed by atoms with Gasteiger partial charge in [-0.25, -0.2) is 9.59 Å². The molecule has 0 aromatic heterocycles. The maximum absolute atomic E-state index is 12.6. The first-order valence-electron chi connectivity index (χ1n) is 7.81. The molecule has 1 saturated carbocycles. The summed E-state index contributed by atoms with van der Waals surface area (Å²) in [5.74, 6) is 0.123. The van der Waals surface area contributed by atoms with Gasteiger partial charge < -0.3 is 14.9 Å². The van der Waals surface area contributed by atoms with Gasteiger partial charge in [0.05, 0.1) is 0 Å². The normalized spacial score (nSPS) is 27.0. The molecule has 1 N–H and O–H groups in total. The number of hydrogen-bond acceptors (Lipinski definition) is 2. The number of carbonyl (C=O) groups is 2. The minimum atomic E-state index is -0.871. The molecule has 2 unspecified atom stereocenters. The van der Waals surface area contributed by atoms with E-state index >= 15 is 0 Å². The summed E-state index contributed by atoms with van der Waals surface area (Å²) in [6, 6.07) is -0.736. The number of carboxylic acids is 1. The third-order valence-electron chi connectivity index (χ3n) is 4.75. The molecule has 0 aromatic rings. The van der Waals surface area contributed by atoms with Gasteiger partial charge >= 0.3 is 12.0 Å². The molecule has 0 spiro atoms. The van der Waals surface area contributed by atoms with Crippen LogP contribution in [0.1, 0.15) is 46.0 Å². The Kier molecular flexibility index (Phi) is 4.89. The molecular weight excluding hydrogens is 256 g/mol. The van der Waals surface area contributed by atoms with Crippen molar-refractivity contribution in [2.24, 2.45) is 11.8 Å². The Labute approximate surface area is 120 Å². The quantitative estimate of drug-likeness (QED) is 0.861. The molecule has 5 nitrogen and oxygen atoms in total. The Morgan fingerprint density at radius 3 is 2.50 bits per heavy atom. The average molecular weight is 282 g/mol. The van der Waals surface area contributed by atoms with Gasteiger partial charge in [0.25, 0.3) is 0 Å². The third-order valence-corrected chi connectivity index (χ3v) is 4.75. The molecule has 0 aromatic carbocycles. The third kappa shape index (κ3) is 3.25. The van der Waals surface area contributed by atoms with Crippen LogP contribution in [0.5, 0.6) is 0 Å². The number of carbonyl (C=O) groups excluding carboxylic acids is 1. The Morgan fingerprint density at radius 2 is 2.00 bits per heavy atom. The lowest BCUT2D eigenvalue weighted by Crippen LogP contribution is -2.55. The Bertz CT molecular complexity index is 368. The number of urea groups is 1. The van der Waals surface area contributed by atoms with E-state index < -0.39 is 12.0 Å². The number of piperidine rings is 1. The van der Waals surface area contributed by atoms with Gasteiger partial charge in [0.2, 0.25) is 0 Å². The molecule has 2 aliphatic rings. The van der Waals surface area contributed by atoms with Crippen LogP contribution in [0, 0.1) is 11.8 Å². The topological polar surface area (TPSA) is 60.9 Å². The lowest BCUT2D eigenvalue weighted by molar-refractivity contribution is -0.144. The molecule has 0 radical (unpaired) electrons. The predicted molar refractivity (Wildman–Crippen MR) is 76.5 cm³/mol. The minimum Gasteiger partial charge on any atom is -0.480 e. The van der Waals surface area contributed by atoms with Crippen molar-refractivity contribution in [2.75, 3.05) is 19.6 Å². The van der Waals surface area contributed by atoms with Crippen LogP contribution in [0.25, 0.3) is 0 Å². The van der Waals surface area contributed by atoms with Gasteiger partial charge in [-0.05, 0) is 44.4 Å². The molecular formula is C15H26N2O3. The molecule has 2 amide bonds. The molecule has 114 valence electrons. The summed E-state index contributed by atoms with van der Waals surface area (Å²) in [6.45, 7) is 6.04. The van der Waals surface area contributed by atoms with Crippen LogP contribution in [0.3, 0.4) is 0 Å². The maximum Gasteiger partial charge on any atom is 0.326 e. The fourth-order valence-corrected chi connectivity index (χ4v) is 3.12. The zero-order valence-electron chi connectivity index (χ0n) is 12.5. The lowest BCUT2D eigenvalue weighted by atomic mass is 9.85. The highest BCUT2D eigenvalue weighted by Crippen LogP contribution is 2.28. The van der Waals surface area contributed by atoms with E-state index in [1.165, 1.54) is 19.3 Å². The predicted octanol–water partition coefficient (Wildman–Crippen LogP) is 2.41. The molecule has 2 fully saturated rings. The number of rotatable bonds is 4. The van der Waals surface area contributed by atoms with Gasteiger partial charge in [0.15, 0.2) is 0 Å². The Balaban J connectivity index is 2.01. The zero-order chi connectivity index (χ0) is 14.7. The van der Waals surface area contributed by atoms with Gasteiger partial charge in [0, 0.05) is 19.6 Å². The van der Waals surface area contributed by atoms with Crippen molar-refractivity contribution >= 4 is 12.0 Å². The first-order valence-corrected chi connectivity index (χ1v) is 7.81. The van der Waals surface area contributed by atoms with Crippen LogP contribution >= 0.6 is 0 Å². The Morgan fingerprint density at radius 1 is 1.30 bits per heavy atom. The number of hydrogen-bond donors (Lipinski definition) is 1. The van der Waals surface area contributed by atoms with E-state index in [1.54, 1.807) is 4.90 Å². The number of aliphatic carboxylic acids is 1.